The van der Waals surface area contributed by atoms with Crippen LogP contribution in [0.15, 0.2) is 60.7 Å². The molecule has 1 aromatic heterocycles. The van der Waals surface area contributed by atoms with Gasteiger partial charge in [-0.05, 0) is 74.0 Å². The molecule has 1 N–H and O–H groups in total. The van der Waals surface area contributed by atoms with Crippen molar-refractivity contribution in [2.75, 3.05) is 18.4 Å². The summed E-state index contributed by atoms with van der Waals surface area (Å²) in [5.74, 6) is -0.173. The van der Waals surface area contributed by atoms with Gasteiger partial charge in [0.2, 0.25) is 5.91 Å². The molecule has 6 heteroatoms. The summed E-state index contributed by atoms with van der Waals surface area (Å²) in [6.45, 7) is 3.23. The second-order valence-electron chi connectivity index (χ2n) is 7.07. The molecule has 0 aliphatic carbocycles. The van der Waals surface area contributed by atoms with Gasteiger partial charge in [0, 0.05) is 28.7 Å². The zero-order valence-electron chi connectivity index (χ0n) is 16.0. The molecule has 0 bridgehead atoms. The normalized spacial score (nSPS) is 14.2. The highest BCUT2D eigenvalue weighted by molar-refractivity contribution is 6.30. The standard InChI is InChI=1S/C23H22ClN3O.ClH/c24-19-7-3-17(4-8-19)5-12-23(28)26-20-10-11-22-18(15-20)6-9-21(25-22)16-27-13-1-2-14-27;/h3-12,15H,1-2,13-14,16H2,(H,26,28);1H/b12-5+;. The first-order valence-electron chi connectivity index (χ1n) is 9.52. The minimum Gasteiger partial charge on any atom is -0.322 e. The lowest BCUT2D eigenvalue weighted by Gasteiger charge is -2.14. The average Bonchev–Trinajstić information content (AvgIpc) is 3.21. The van der Waals surface area contributed by atoms with Crippen LogP contribution < -0.4 is 5.32 Å². The molecule has 4 nitrogen and oxygen atoms in total. The van der Waals surface area contributed by atoms with Crippen LogP contribution in [-0.2, 0) is 11.3 Å². The molecular weight excluding hydrogens is 405 g/mol. The number of pyridine rings is 1. The van der Waals surface area contributed by atoms with Crippen LogP contribution in [0.4, 0.5) is 5.69 Å². The Labute approximate surface area is 182 Å². The number of nitrogens with one attached hydrogen (secondary N) is 1. The Morgan fingerprint density at radius 1 is 1.07 bits per heavy atom. The number of carbonyl (C=O) groups excluding carboxylic acids is 1. The molecule has 1 amide bonds. The first kappa shape index (κ1) is 21.3. The zero-order chi connectivity index (χ0) is 19.3. The van der Waals surface area contributed by atoms with Crippen LogP contribution in [0.3, 0.4) is 0 Å². The Morgan fingerprint density at radius 2 is 1.83 bits per heavy atom. The van der Waals surface area contributed by atoms with Gasteiger partial charge >= 0.3 is 0 Å². The van der Waals surface area contributed by atoms with Crippen molar-refractivity contribution >= 4 is 52.6 Å². The lowest BCUT2D eigenvalue weighted by atomic mass is 10.1. The summed E-state index contributed by atoms with van der Waals surface area (Å²) < 4.78 is 0. The van der Waals surface area contributed by atoms with E-state index in [-0.39, 0.29) is 18.3 Å². The second-order valence-corrected chi connectivity index (χ2v) is 7.50. The van der Waals surface area contributed by atoms with E-state index in [4.69, 9.17) is 16.6 Å². The Morgan fingerprint density at radius 3 is 2.59 bits per heavy atom. The maximum Gasteiger partial charge on any atom is 0.248 e. The quantitative estimate of drug-likeness (QED) is 0.542. The van der Waals surface area contributed by atoms with E-state index in [9.17, 15) is 4.79 Å². The Bertz CT molecular complexity index is 1010. The van der Waals surface area contributed by atoms with E-state index in [1.807, 2.05) is 30.3 Å². The predicted molar refractivity (Wildman–Crippen MR) is 123 cm³/mol. The van der Waals surface area contributed by atoms with E-state index < -0.39 is 0 Å². The third-order valence-electron chi connectivity index (χ3n) is 4.90. The molecule has 29 heavy (non-hydrogen) atoms. The number of fused-ring (bicyclic) bond motifs is 1. The van der Waals surface area contributed by atoms with Crippen LogP contribution in [0.25, 0.3) is 17.0 Å². The maximum absolute atomic E-state index is 12.2. The summed E-state index contributed by atoms with van der Waals surface area (Å²) in [4.78, 5) is 19.4. The summed E-state index contributed by atoms with van der Waals surface area (Å²) in [5.41, 5.74) is 3.73. The lowest BCUT2D eigenvalue weighted by molar-refractivity contribution is -0.111. The van der Waals surface area contributed by atoms with Crippen LogP contribution >= 0.6 is 24.0 Å². The van der Waals surface area contributed by atoms with Crippen molar-refractivity contribution in [1.82, 2.24) is 9.88 Å². The minimum absolute atomic E-state index is 0. The largest absolute Gasteiger partial charge is 0.322 e. The Kier molecular flexibility index (Phi) is 7.26. The van der Waals surface area contributed by atoms with Crippen molar-refractivity contribution in [3.8, 4) is 0 Å². The highest BCUT2D eigenvalue weighted by Crippen LogP contribution is 2.20. The number of rotatable bonds is 5. The molecule has 0 unspecified atom stereocenters. The third-order valence-corrected chi connectivity index (χ3v) is 5.15. The summed E-state index contributed by atoms with van der Waals surface area (Å²) in [6.07, 6.45) is 5.84. The van der Waals surface area contributed by atoms with E-state index in [1.165, 1.54) is 18.9 Å². The zero-order valence-corrected chi connectivity index (χ0v) is 17.5. The van der Waals surface area contributed by atoms with Crippen LogP contribution in [0, 0.1) is 0 Å². The number of benzene rings is 2. The number of hydrogen-bond donors (Lipinski definition) is 1. The van der Waals surface area contributed by atoms with E-state index in [2.05, 4.69) is 22.3 Å². The molecule has 2 aromatic carbocycles. The van der Waals surface area contributed by atoms with E-state index in [1.54, 1.807) is 18.2 Å². The van der Waals surface area contributed by atoms with E-state index >= 15 is 0 Å². The van der Waals surface area contributed by atoms with Crippen molar-refractivity contribution in [2.45, 2.75) is 19.4 Å². The smallest absolute Gasteiger partial charge is 0.248 e. The molecule has 1 aliphatic rings. The molecular formula is C23H23Cl2N3O. The van der Waals surface area contributed by atoms with Gasteiger partial charge in [0.1, 0.15) is 0 Å². The molecule has 0 radical (unpaired) electrons. The monoisotopic (exact) mass is 427 g/mol. The molecule has 150 valence electrons. The van der Waals surface area contributed by atoms with E-state index in [0.717, 1.165) is 47.5 Å². The SMILES string of the molecule is Cl.O=C(/C=C/c1ccc(Cl)cc1)Nc1ccc2nc(CN3CCCC3)ccc2c1. The van der Waals surface area contributed by atoms with Crippen molar-refractivity contribution in [2.24, 2.45) is 0 Å². The molecule has 0 spiro atoms. The highest BCUT2D eigenvalue weighted by Gasteiger charge is 2.12. The van der Waals surface area contributed by atoms with Gasteiger partial charge in [0.15, 0.2) is 0 Å². The highest BCUT2D eigenvalue weighted by atomic mass is 35.5. The first-order chi connectivity index (χ1) is 13.7. The maximum atomic E-state index is 12.2. The molecule has 1 saturated heterocycles. The van der Waals surface area contributed by atoms with Gasteiger partial charge in [-0.1, -0.05) is 29.8 Å². The van der Waals surface area contributed by atoms with Crippen LogP contribution in [0.1, 0.15) is 24.1 Å². The summed E-state index contributed by atoms with van der Waals surface area (Å²) in [6, 6.07) is 17.3. The first-order valence-corrected chi connectivity index (χ1v) is 9.90. The number of likely N-dealkylation sites (tertiary alicyclic amines) is 1. The summed E-state index contributed by atoms with van der Waals surface area (Å²) in [7, 11) is 0. The fourth-order valence-electron chi connectivity index (χ4n) is 3.43. The number of halogens is 2. The van der Waals surface area contributed by atoms with Crippen LogP contribution in [0.5, 0.6) is 0 Å². The Balaban J connectivity index is 0.00000240. The topological polar surface area (TPSA) is 45.2 Å². The molecule has 0 saturated carbocycles. The van der Waals surface area contributed by atoms with Crippen molar-refractivity contribution in [3.05, 3.63) is 77.0 Å². The van der Waals surface area contributed by atoms with Gasteiger partial charge in [-0.2, -0.15) is 0 Å². The number of carbonyl (C=O) groups is 1. The van der Waals surface area contributed by atoms with Crippen molar-refractivity contribution in [3.63, 3.8) is 0 Å². The fourth-order valence-corrected chi connectivity index (χ4v) is 3.56. The Hall–Kier alpha value is -2.40. The molecule has 1 fully saturated rings. The number of aromatic nitrogens is 1. The number of anilines is 1. The summed E-state index contributed by atoms with van der Waals surface area (Å²) in [5, 5.41) is 4.60. The van der Waals surface area contributed by atoms with Gasteiger partial charge in [0.05, 0.1) is 11.2 Å². The van der Waals surface area contributed by atoms with Crippen molar-refractivity contribution in [1.29, 1.82) is 0 Å². The molecule has 1 aliphatic heterocycles. The van der Waals surface area contributed by atoms with Crippen molar-refractivity contribution < 1.29 is 4.79 Å². The molecule has 2 heterocycles. The number of amides is 1. The minimum atomic E-state index is -0.173. The number of nitrogens with zero attached hydrogens (tertiary/aromatic N) is 2. The third kappa shape index (κ3) is 5.80. The van der Waals surface area contributed by atoms with Crippen LogP contribution in [-0.4, -0.2) is 28.9 Å². The molecule has 0 atom stereocenters. The summed E-state index contributed by atoms with van der Waals surface area (Å²) >= 11 is 5.87. The average molecular weight is 428 g/mol. The van der Waals surface area contributed by atoms with Gasteiger partial charge in [-0.15, -0.1) is 12.4 Å². The van der Waals surface area contributed by atoms with Gasteiger partial charge in [-0.3, -0.25) is 14.7 Å². The predicted octanol–water partition coefficient (Wildman–Crippen LogP) is 5.56. The van der Waals surface area contributed by atoms with Crippen LogP contribution in [0.2, 0.25) is 5.02 Å². The van der Waals surface area contributed by atoms with Gasteiger partial charge in [-0.25, -0.2) is 0 Å². The van der Waals surface area contributed by atoms with Gasteiger partial charge in [0.25, 0.3) is 0 Å². The second kappa shape index (κ2) is 9.88. The van der Waals surface area contributed by atoms with Gasteiger partial charge < -0.3 is 5.32 Å². The lowest BCUT2D eigenvalue weighted by Crippen LogP contribution is -2.19. The van der Waals surface area contributed by atoms with E-state index in [0.29, 0.717) is 5.02 Å². The number of hydrogen-bond acceptors (Lipinski definition) is 3. The fraction of sp³-hybridized carbons (Fsp3) is 0.217. The molecule has 3 aromatic rings. The molecule has 4 rings (SSSR count).